The molecule has 1 aromatic rings. The summed E-state index contributed by atoms with van der Waals surface area (Å²) < 4.78 is 12.8. The maximum Gasteiger partial charge on any atom is 0.123 e. The van der Waals surface area contributed by atoms with Crippen LogP contribution < -0.4 is 5.32 Å². The van der Waals surface area contributed by atoms with E-state index in [0.29, 0.717) is 12.0 Å². The maximum atomic E-state index is 12.8. The Bertz CT molecular complexity index is 350. The van der Waals surface area contributed by atoms with Crippen LogP contribution in [0.5, 0.6) is 0 Å². The normalized spacial score (nSPS) is 23.6. The van der Waals surface area contributed by atoms with Gasteiger partial charge in [0.2, 0.25) is 0 Å². The monoisotopic (exact) mass is 236 g/mol. The highest BCUT2D eigenvalue weighted by molar-refractivity contribution is 5.20. The lowest BCUT2D eigenvalue weighted by molar-refractivity contribution is 0.198. The average Bonchev–Trinajstić information content (AvgIpc) is 2.29. The molecule has 1 aliphatic heterocycles. The zero-order valence-corrected chi connectivity index (χ0v) is 10.6. The molecule has 2 nitrogen and oxygen atoms in total. The van der Waals surface area contributed by atoms with E-state index in [1.807, 2.05) is 12.1 Å². The number of piperazine rings is 1. The van der Waals surface area contributed by atoms with Crippen LogP contribution in [-0.4, -0.2) is 37.1 Å². The van der Waals surface area contributed by atoms with Crippen molar-refractivity contribution < 1.29 is 4.39 Å². The number of hydrogen-bond donors (Lipinski definition) is 1. The van der Waals surface area contributed by atoms with Crippen LogP contribution in [0, 0.1) is 5.82 Å². The second kappa shape index (κ2) is 5.61. The SMILES string of the molecule is CC(CN1CCN[C@H](C)C1)c1ccc(F)cc1. The first-order chi connectivity index (χ1) is 8.15. The van der Waals surface area contributed by atoms with Gasteiger partial charge in [0.05, 0.1) is 0 Å². The fourth-order valence-electron chi connectivity index (χ4n) is 2.46. The largest absolute Gasteiger partial charge is 0.312 e. The van der Waals surface area contributed by atoms with Gasteiger partial charge in [0.15, 0.2) is 0 Å². The van der Waals surface area contributed by atoms with Crippen LogP contribution in [0.2, 0.25) is 0 Å². The van der Waals surface area contributed by atoms with Crippen LogP contribution in [-0.2, 0) is 0 Å². The molecule has 0 radical (unpaired) electrons. The number of benzene rings is 1. The number of hydrogen-bond acceptors (Lipinski definition) is 2. The fraction of sp³-hybridized carbons (Fsp3) is 0.571. The minimum atomic E-state index is -0.156. The zero-order valence-electron chi connectivity index (χ0n) is 10.6. The lowest BCUT2D eigenvalue weighted by Crippen LogP contribution is -2.49. The van der Waals surface area contributed by atoms with Crippen molar-refractivity contribution in [3.63, 3.8) is 0 Å². The van der Waals surface area contributed by atoms with Crippen molar-refractivity contribution in [2.45, 2.75) is 25.8 Å². The zero-order chi connectivity index (χ0) is 12.3. The van der Waals surface area contributed by atoms with Crippen LogP contribution in [0.4, 0.5) is 4.39 Å². The van der Waals surface area contributed by atoms with Gasteiger partial charge < -0.3 is 5.32 Å². The summed E-state index contributed by atoms with van der Waals surface area (Å²) in [5, 5.41) is 3.44. The van der Waals surface area contributed by atoms with Crippen LogP contribution >= 0.6 is 0 Å². The van der Waals surface area contributed by atoms with Gasteiger partial charge in [-0.2, -0.15) is 0 Å². The molecule has 1 fully saturated rings. The molecule has 0 spiro atoms. The quantitative estimate of drug-likeness (QED) is 0.865. The highest BCUT2D eigenvalue weighted by Gasteiger charge is 2.18. The number of rotatable bonds is 3. The third-order valence-corrected chi connectivity index (χ3v) is 3.42. The Morgan fingerprint density at radius 3 is 2.76 bits per heavy atom. The van der Waals surface area contributed by atoms with Gasteiger partial charge in [-0.05, 0) is 30.5 Å². The summed E-state index contributed by atoms with van der Waals surface area (Å²) in [6.07, 6.45) is 0. The molecule has 94 valence electrons. The second-order valence-electron chi connectivity index (χ2n) is 5.07. The molecule has 0 saturated carbocycles. The molecule has 2 atom stereocenters. The Balaban J connectivity index is 1.91. The predicted molar refractivity (Wildman–Crippen MR) is 68.7 cm³/mol. The smallest absolute Gasteiger partial charge is 0.123 e. The molecular weight excluding hydrogens is 215 g/mol. The Morgan fingerprint density at radius 2 is 2.12 bits per heavy atom. The van der Waals surface area contributed by atoms with Gasteiger partial charge in [0.25, 0.3) is 0 Å². The minimum Gasteiger partial charge on any atom is -0.312 e. The first-order valence-electron chi connectivity index (χ1n) is 6.36. The summed E-state index contributed by atoms with van der Waals surface area (Å²) >= 11 is 0. The van der Waals surface area contributed by atoms with Gasteiger partial charge in [-0.15, -0.1) is 0 Å². The number of nitrogens with zero attached hydrogens (tertiary/aromatic N) is 1. The molecule has 1 aromatic carbocycles. The predicted octanol–water partition coefficient (Wildman–Crippen LogP) is 2.22. The number of nitrogens with one attached hydrogen (secondary N) is 1. The van der Waals surface area contributed by atoms with Crippen molar-refractivity contribution in [1.82, 2.24) is 10.2 Å². The summed E-state index contributed by atoms with van der Waals surface area (Å²) in [6, 6.07) is 7.46. The second-order valence-corrected chi connectivity index (χ2v) is 5.07. The summed E-state index contributed by atoms with van der Waals surface area (Å²) in [5.74, 6) is 0.303. The molecule has 1 N–H and O–H groups in total. The van der Waals surface area contributed by atoms with Crippen LogP contribution in [0.1, 0.15) is 25.3 Å². The molecule has 2 rings (SSSR count). The van der Waals surface area contributed by atoms with Gasteiger partial charge in [-0.1, -0.05) is 19.1 Å². The molecule has 0 bridgehead atoms. The molecule has 0 aliphatic carbocycles. The van der Waals surface area contributed by atoms with E-state index in [0.717, 1.165) is 26.2 Å². The van der Waals surface area contributed by atoms with Crippen molar-refractivity contribution in [1.29, 1.82) is 0 Å². The standard InChI is InChI=1S/C14H21FN2/c1-11(13-3-5-14(15)6-4-13)9-17-8-7-16-12(2)10-17/h3-6,11-12,16H,7-10H2,1-2H3/t11?,12-/m1/s1. The summed E-state index contributed by atoms with van der Waals surface area (Å²) in [5.41, 5.74) is 1.22. The first-order valence-corrected chi connectivity index (χ1v) is 6.36. The Hall–Kier alpha value is -0.930. The van der Waals surface area contributed by atoms with Crippen molar-refractivity contribution in [2.24, 2.45) is 0 Å². The number of halogens is 1. The van der Waals surface area contributed by atoms with Gasteiger partial charge in [0, 0.05) is 32.2 Å². The highest BCUT2D eigenvalue weighted by Crippen LogP contribution is 2.17. The van der Waals surface area contributed by atoms with Crippen LogP contribution in [0.15, 0.2) is 24.3 Å². The molecule has 1 aliphatic rings. The molecule has 0 amide bonds. The lowest BCUT2D eigenvalue weighted by atomic mass is 10.00. The molecule has 1 saturated heterocycles. The molecule has 17 heavy (non-hydrogen) atoms. The van der Waals surface area contributed by atoms with Crippen molar-refractivity contribution in [3.05, 3.63) is 35.6 Å². The van der Waals surface area contributed by atoms with E-state index in [-0.39, 0.29) is 5.82 Å². The average molecular weight is 236 g/mol. The fourth-order valence-corrected chi connectivity index (χ4v) is 2.46. The summed E-state index contributed by atoms with van der Waals surface area (Å²) in [4.78, 5) is 2.48. The topological polar surface area (TPSA) is 15.3 Å². The van der Waals surface area contributed by atoms with Crippen molar-refractivity contribution >= 4 is 0 Å². The minimum absolute atomic E-state index is 0.156. The van der Waals surface area contributed by atoms with Crippen LogP contribution in [0.3, 0.4) is 0 Å². The van der Waals surface area contributed by atoms with Gasteiger partial charge >= 0.3 is 0 Å². The van der Waals surface area contributed by atoms with E-state index >= 15 is 0 Å². The lowest BCUT2D eigenvalue weighted by Gasteiger charge is -2.33. The first kappa shape index (κ1) is 12.5. The summed E-state index contributed by atoms with van der Waals surface area (Å²) in [7, 11) is 0. The van der Waals surface area contributed by atoms with E-state index in [1.54, 1.807) is 12.1 Å². The Morgan fingerprint density at radius 1 is 1.41 bits per heavy atom. The van der Waals surface area contributed by atoms with Gasteiger partial charge in [-0.25, -0.2) is 4.39 Å². The Kier molecular flexibility index (Phi) is 4.13. The summed E-state index contributed by atoms with van der Waals surface area (Å²) in [6.45, 7) is 8.75. The van der Waals surface area contributed by atoms with Crippen LogP contribution in [0.25, 0.3) is 0 Å². The molecular formula is C14H21FN2. The third kappa shape index (κ3) is 3.51. The molecule has 3 heteroatoms. The highest BCUT2D eigenvalue weighted by atomic mass is 19.1. The van der Waals surface area contributed by atoms with E-state index in [2.05, 4.69) is 24.1 Å². The molecule has 1 unspecified atom stereocenters. The maximum absolute atomic E-state index is 12.8. The van der Waals surface area contributed by atoms with Gasteiger partial charge in [-0.3, -0.25) is 4.90 Å². The van der Waals surface area contributed by atoms with E-state index < -0.39 is 0 Å². The van der Waals surface area contributed by atoms with Crippen molar-refractivity contribution in [3.8, 4) is 0 Å². The molecule has 1 heterocycles. The van der Waals surface area contributed by atoms with Gasteiger partial charge in [0.1, 0.15) is 5.82 Å². The molecule has 0 aromatic heterocycles. The third-order valence-electron chi connectivity index (χ3n) is 3.42. The van der Waals surface area contributed by atoms with Crippen molar-refractivity contribution in [2.75, 3.05) is 26.2 Å². The van der Waals surface area contributed by atoms with E-state index in [4.69, 9.17) is 0 Å². The van der Waals surface area contributed by atoms with E-state index in [1.165, 1.54) is 5.56 Å². The van der Waals surface area contributed by atoms with E-state index in [9.17, 15) is 4.39 Å². The Labute approximate surface area is 103 Å².